The van der Waals surface area contributed by atoms with Gasteiger partial charge in [0.15, 0.2) is 0 Å². The first-order valence-corrected chi connectivity index (χ1v) is 7.51. The summed E-state index contributed by atoms with van der Waals surface area (Å²) in [5.41, 5.74) is 14.3. The van der Waals surface area contributed by atoms with E-state index in [9.17, 15) is 0 Å². The standard InChI is InChI=1S/C12H10Cl2N2.C4H8O/c13-9-5-7(1-3-11(9)15)8-2-4-12(16)10(14)6-8;1-2-4-5-3-1/h1-6H,15-16H2;1-4H2. The van der Waals surface area contributed by atoms with Crippen molar-refractivity contribution in [3.8, 4) is 11.1 Å². The van der Waals surface area contributed by atoms with Gasteiger partial charge in [-0.25, -0.2) is 0 Å². The molecule has 3 rings (SSSR count). The fourth-order valence-electron chi connectivity index (χ4n) is 1.92. The minimum atomic E-state index is 0.533. The van der Waals surface area contributed by atoms with Gasteiger partial charge in [0.1, 0.15) is 0 Å². The lowest BCUT2D eigenvalue weighted by Gasteiger charge is -2.06. The van der Waals surface area contributed by atoms with Crippen LogP contribution in [0, 0.1) is 0 Å². The third kappa shape index (κ3) is 4.53. The number of hydrogen-bond acceptors (Lipinski definition) is 3. The van der Waals surface area contributed by atoms with Crippen molar-refractivity contribution in [1.82, 2.24) is 0 Å². The second-order valence-electron chi connectivity index (χ2n) is 4.79. The lowest BCUT2D eigenvalue weighted by atomic mass is 10.1. The summed E-state index contributed by atoms with van der Waals surface area (Å²) in [7, 11) is 0. The second kappa shape index (κ2) is 7.55. The Kier molecular flexibility index (Phi) is 5.74. The molecule has 1 aliphatic rings. The van der Waals surface area contributed by atoms with Crippen molar-refractivity contribution in [3.05, 3.63) is 46.4 Å². The predicted molar refractivity (Wildman–Crippen MR) is 90.8 cm³/mol. The van der Waals surface area contributed by atoms with Crippen LogP contribution in [0.15, 0.2) is 36.4 Å². The molecule has 0 radical (unpaired) electrons. The van der Waals surface area contributed by atoms with Crippen LogP contribution in [0.2, 0.25) is 10.0 Å². The van der Waals surface area contributed by atoms with Crippen LogP contribution in [0.25, 0.3) is 11.1 Å². The Morgan fingerprint density at radius 1 is 0.762 bits per heavy atom. The van der Waals surface area contributed by atoms with Gasteiger partial charge in [-0.15, -0.1) is 0 Å². The molecule has 0 spiro atoms. The maximum Gasteiger partial charge on any atom is 0.0641 e. The lowest BCUT2D eigenvalue weighted by molar-refractivity contribution is 0.198. The molecule has 3 nitrogen and oxygen atoms in total. The number of rotatable bonds is 1. The maximum atomic E-state index is 5.95. The van der Waals surface area contributed by atoms with E-state index in [-0.39, 0.29) is 0 Å². The van der Waals surface area contributed by atoms with E-state index in [4.69, 9.17) is 39.4 Å². The Hall–Kier alpha value is -1.42. The quantitative estimate of drug-likeness (QED) is 0.752. The minimum Gasteiger partial charge on any atom is -0.398 e. The summed E-state index contributed by atoms with van der Waals surface area (Å²) in [5.74, 6) is 0. The van der Waals surface area contributed by atoms with Gasteiger partial charge in [-0.3, -0.25) is 0 Å². The van der Waals surface area contributed by atoms with Crippen LogP contribution in [0.3, 0.4) is 0 Å². The second-order valence-corrected chi connectivity index (χ2v) is 5.61. The van der Waals surface area contributed by atoms with Crippen LogP contribution in [-0.2, 0) is 4.74 Å². The molecule has 5 heteroatoms. The Labute approximate surface area is 134 Å². The first-order valence-electron chi connectivity index (χ1n) is 6.76. The molecule has 0 saturated carbocycles. The van der Waals surface area contributed by atoms with Crippen LogP contribution in [0.1, 0.15) is 12.8 Å². The number of hydrogen-bond donors (Lipinski definition) is 2. The van der Waals surface area contributed by atoms with E-state index in [1.807, 2.05) is 12.1 Å². The molecule has 4 N–H and O–H groups in total. The number of benzene rings is 2. The molecule has 0 unspecified atom stereocenters. The minimum absolute atomic E-state index is 0.533. The van der Waals surface area contributed by atoms with Crippen molar-refractivity contribution >= 4 is 34.6 Å². The Morgan fingerprint density at radius 3 is 1.48 bits per heavy atom. The fourth-order valence-corrected chi connectivity index (χ4v) is 2.28. The highest BCUT2D eigenvalue weighted by molar-refractivity contribution is 6.34. The topological polar surface area (TPSA) is 61.3 Å². The highest BCUT2D eigenvalue weighted by Gasteiger charge is 2.03. The average Bonchev–Trinajstić information content (AvgIpc) is 3.04. The number of anilines is 2. The molecule has 1 heterocycles. The van der Waals surface area contributed by atoms with Crippen LogP contribution in [-0.4, -0.2) is 13.2 Å². The third-order valence-corrected chi connectivity index (χ3v) is 3.82. The normalized spacial score (nSPS) is 13.6. The molecule has 0 bridgehead atoms. The van der Waals surface area contributed by atoms with Crippen molar-refractivity contribution < 1.29 is 4.74 Å². The molecule has 0 aromatic heterocycles. The molecule has 0 aliphatic carbocycles. The first-order chi connectivity index (χ1) is 10.1. The summed E-state index contributed by atoms with van der Waals surface area (Å²) < 4.78 is 4.94. The molecule has 21 heavy (non-hydrogen) atoms. The summed E-state index contributed by atoms with van der Waals surface area (Å²) in [4.78, 5) is 0. The highest BCUT2D eigenvalue weighted by atomic mass is 35.5. The molecule has 2 aromatic carbocycles. The maximum absolute atomic E-state index is 5.95. The lowest BCUT2D eigenvalue weighted by Crippen LogP contribution is -1.88. The van der Waals surface area contributed by atoms with E-state index >= 15 is 0 Å². The van der Waals surface area contributed by atoms with Crippen LogP contribution in [0.5, 0.6) is 0 Å². The van der Waals surface area contributed by atoms with Gasteiger partial charge in [0.05, 0.1) is 21.4 Å². The van der Waals surface area contributed by atoms with Crippen molar-refractivity contribution in [1.29, 1.82) is 0 Å². The van der Waals surface area contributed by atoms with Crippen LogP contribution >= 0.6 is 23.2 Å². The first kappa shape index (κ1) is 16.0. The van der Waals surface area contributed by atoms with Gasteiger partial charge in [-0.1, -0.05) is 35.3 Å². The van der Waals surface area contributed by atoms with Gasteiger partial charge in [0, 0.05) is 13.2 Å². The molecular formula is C16H18Cl2N2O. The zero-order valence-electron chi connectivity index (χ0n) is 11.6. The van der Waals surface area contributed by atoms with Gasteiger partial charge in [-0.2, -0.15) is 0 Å². The number of ether oxygens (including phenoxy) is 1. The Bertz CT molecular complexity index is 556. The average molecular weight is 325 g/mol. The molecule has 1 fully saturated rings. The van der Waals surface area contributed by atoms with Crippen molar-refractivity contribution in [2.24, 2.45) is 0 Å². The van der Waals surface area contributed by atoms with Gasteiger partial charge in [-0.05, 0) is 48.2 Å². The molecule has 1 aliphatic heterocycles. The van der Waals surface area contributed by atoms with E-state index in [2.05, 4.69) is 0 Å². The number of halogens is 2. The summed E-state index contributed by atoms with van der Waals surface area (Å²) in [5, 5.41) is 1.07. The van der Waals surface area contributed by atoms with Crippen molar-refractivity contribution in [3.63, 3.8) is 0 Å². The SMILES string of the molecule is C1CCOC1.Nc1ccc(-c2ccc(N)c(Cl)c2)cc1Cl. The summed E-state index contributed by atoms with van der Waals surface area (Å²) in [6.07, 6.45) is 2.56. The molecule has 112 valence electrons. The van der Waals surface area contributed by atoms with E-state index in [1.54, 1.807) is 24.3 Å². The van der Waals surface area contributed by atoms with E-state index < -0.39 is 0 Å². The Morgan fingerprint density at radius 2 is 1.19 bits per heavy atom. The van der Waals surface area contributed by atoms with Crippen molar-refractivity contribution in [2.75, 3.05) is 24.7 Å². The zero-order chi connectivity index (χ0) is 15.2. The van der Waals surface area contributed by atoms with Crippen LogP contribution < -0.4 is 11.5 Å². The van der Waals surface area contributed by atoms with Gasteiger partial charge < -0.3 is 16.2 Å². The Balaban J connectivity index is 0.000000272. The smallest absolute Gasteiger partial charge is 0.0641 e. The summed E-state index contributed by atoms with van der Waals surface area (Å²) in [6, 6.07) is 10.9. The largest absolute Gasteiger partial charge is 0.398 e. The van der Waals surface area contributed by atoms with E-state index in [0.29, 0.717) is 21.4 Å². The van der Waals surface area contributed by atoms with Gasteiger partial charge in [0.25, 0.3) is 0 Å². The molecule has 0 atom stereocenters. The monoisotopic (exact) mass is 324 g/mol. The molecule has 0 amide bonds. The molecular weight excluding hydrogens is 307 g/mol. The fraction of sp³-hybridized carbons (Fsp3) is 0.250. The number of nitrogens with two attached hydrogens (primary N) is 2. The number of nitrogen functional groups attached to an aromatic ring is 2. The van der Waals surface area contributed by atoms with E-state index in [1.165, 1.54) is 12.8 Å². The molecule has 2 aromatic rings. The van der Waals surface area contributed by atoms with Gasteiger partial charge in [0.2, 0.25) is 0 Å². The van der Waals surface area contributed by atoms with Crippen molar-refractivity contribution in [2.45, 2.75) is 12.8 Å². The van der Waals surface area contributed by atoms with Crippen LogP contribution in [0.4, 0.5) is 11.4 Å². The van der Waals surface area contributed by atoms with Gasteiger partial charge >= 0.3 is 0 Å². The summed E-state index contributed by atoms with van der Waals surface area (Å²) >= 11 is 11.9. The zero-order valence-corrected chi connectivity index (χ0v) is 13.1. The van der Waals surface area contributed by atoms with E-state index in [0.717, 1.165) is 24.3 Å². The third-order valence-electron chi connectivity index (χ3n) is 3.16. The highest BCUT2D eigenvalue weighted by Crippen LogP contribution is 2.30. The predicted octanol–water partition coefficient (Wildman–Crippen LogP) is 4.62. The summed E-state index contributed by atoms with van der Waals surface area (Å²) in [6.45, 7) is 2.00. The molecule has 1 saturated heterocycles.